The van der Waals surface area contributed by atoms with Crippen LogP contribution in [0.5, 0.6) is 0 Å². The molecule has 0 aromatic heterocycles. The fourth-order valence-corrected chi connectivity index (χ4v) is 2.92. The van der Waals surface area contributed by atoms with Gasteiger partial charge in [-0.1, -0.05) is 0 Å². The number of fused-ring (bicyclic) bond motifs is 1. The topological polar surface area (TPSA) is 57.2 Å². The number of aliphatic hydroxyl groups excluding tert-OH is 1. The van der Waals surface area contributed by atoms with Crippen LogP contribution in [0.2, 0.25) is 0 Å². The van der Waals surface area contributed by atoms with Crippen molar-refractivity contribution in [3.05, 3.63) is 0 Å². The lowest BCUT2D eigenvalue weighted by Gasteiger charge is -2.23. The van der Waals surface area contributed by atoms with Gasteiger partial charge in [0.2, 0.25) is 0 Å². The van der Waals surface area contributed by atoms with Crippen LogP contribution in [0.3, 0.4) is 0 Å². The lowest BCUT2D eigenvalue weighted by molar-refractivity contribution is -0.216. The van der Waals surface area contributed by atoms with Crippen LogP contribution < -0.4 is 0 Å². The molecule has 17 heavy (non-hydrogen) atoms. The van der Waals surface area contributed by atoms with E-state index in [9.17, 15) is 0 Å². The number of ether oxygens (including phenoxy) is 4. The Morgan fingerprint density at radius 3 is 2.53 bits per heavy atom. The van der Waals surface area contributed by atoms with E-state index < -0.39 is 5.79 Å². The smallest absolute Gasteiger partial charge is 0.187 e. The van der Waals surface area contributed by atoms with Gasteiger partial charge in [-0.15, -0.1) is 0 Å². The Hall–Kier alpha value is -0.200. The summed E-state index contributed by atoms with van der Waals surface area (Å²) in [6, 6.07) is 0. The predicted octanol–water partition coefficient (Wildman–Crippen LogP) is 0.793. The van der Waals surface area contributed by atoms with Crippen molar-refractivity contribution in [1.82, 2.24) is 0 Å². The Balaban J connectivity index is 1.56. The Morgan fingerprint density at radius 2 is 1.88 bits per heavy atom. The van der Waals surface area contributed by atoms with E-state index in [1.165, 1.54) is 0 Å². The average Bonchev–Trinajstić information content (AvgIpc) is 2.88. The quantitative estimate of drug-likeness (QED) is 0.778. The predicted molar refractivity (Wildman–Crippen MR) is 58.3 cm³/mol. The van der Waals surface area contributed by atoms with E-state index in [0.29, 0.717) is 0 Å². The van der Waals surface area contributed by atoms with Crippen molar-refractivity contribution in [2.75, 3.05) is 6.61 Å². The van der Waals surface area contributed by atoms with Crippen LogP contribution in [-0.2, 0) is 18.9 Å². The summed E-state index contributed by atoms with van der Waals surface area (Å²) >= 11 is 0. The molecule has 0 radical (unpaired) electrons. The minimum Gasteiger partial charge on any atom is -0.394 e. The molecule has 0 unspecified atom stereocenters. The SMILES string of the molecule is CC1(C)O[C@H]2O[C@H]([C@H]3CC[C@H](CO)O3)C[C@H]2O1. The third-order valence-electron chi connectivity index (χ3n) is 3.67. The molecule has 1 N–H and O–H groups in total. The molecule has 3 rings (SSSR count). The molecule has 3 saturated heterocycles. The second kappa shape index (κ2) is 4.17. The van der Waals surface area contributed by atoms with Gasteiger partial charge in [-0.05, 0) is 26.7 Å². The maximum atomic E-state index is 9.04. The van der Waals surface area contributed by atoms with Crippen LogP contribution in [-0.4, -0.2) is 48.2 Å². The van der Waals surface area contributed by atoms with E-state index >= 15 is 0 Å². The first-order chi connectivity index (χ1) is 8.07. The zero-order valence-corrected chi connectivity index (χ0v) is 10.3. The van der Waals surface area contributed by atoms with Crippen molar-refractivity contribution in [2.45, 2.75) is 69.6 Å². The van der Waals surface area contributed by atoms with Gasteiger partial charge in [0, 0.05) is 6.42 Å². The van der Waals surface area contributed by atoms with E-state index in [-0.39, 0.29) is 37.3 Å². The van der Waals surface area contributed by atoms with Gasteiger partial charge in [0.05, 0.1) is 24.9 Å². The Morgan fingerprint density at radius 1 is 1.06 bits per heavy atom. The van der Waals surface area contributed by atoms with Gasteiger partial charge in [0.25, 0.3) is 0 Å². The minimum atomic E-state index is -0.537. The molecule has 0 aromatic carbocycles. The lowest BCUT2D eigenvalue weighted by atomic mass is 10.1. The number of hydrogen-bond acceptors (Lipinski definition) is 5. The summed E-state index contributed by atoms with van der Waals surface area (Å²) in [6.45, 7) is 3.89. The molecular formula is C12H20O5. The lowest BCUT2D eigenvalue weighted by Crippen LogP contribution is -2.31. The van der Waals surface area contributed by atoms with Crippen LogP contribution in [0.15, 0.2) is 0 Å². The number of rotatable bonds is 2. The zero-order valence-electron chi connectivity index (χ0n) is 10.3. The van der Waals surface area contributed by atoms with Crippen molar-refractivity contribution < 1.29 is 24.1 Å². The molecule has 3 aliphatic rings. The highest BCUT2D eigenvalue weighted by molar-refractivity contribution is 4.91. The van der Waals surface area contributed by atoms with Crippen molar-refractivity contribution >= 4 is 0 Å². The van der Waals surface area contributed by atoms with Crippen LogP contribution >= 0.6 is 0 Å². The van der Waals surface area contributed by atoms with Gasteiger partial charge < -0.3 is 24.1 Å². The average molecular weight is 244 g/mol. The van der Waals surface area contributed by atoms with Crippen molar-refractivity contribution in [3.63, 3.8) is 0 Å². The van der Waals surface area contributed by atoms with Crippen LogP contribution in [0.1, 0.15) is 33.1 Å². The van der Waals surface area contributed by atoms with E-state index in [2.05, 4.69) is 0 Å². The molecule has 0 aliphatic carbocycles. The van der Waals surface area contributed by atoms with E-state index in [4.69, 9.17) is 24.1 Å². The fraction of sp³-hybridized carbons (Fsp3) is 1.00. The molecule has 0 aromatic rings. The molecule has 3 aliphatic heterocycles. The molecule has 5 nitrogen and oxygen atoms in total. The standard InChI is InChI=1S/C12H20O5/c1-12(2)16-10-5-9(15-11(10)17-12)8-4-3-7(6-13)14-8/h7-11,13H,3-6H2,1-2H3/t7-,8-,9+,10-,11-/m1/s1. The van der Waals surface area contributed by atoms with E-state index in [1.807, 2.05) is 13.8 Å². The minimum absolute atomic E-state index is 0.0202. The first-order valence-corrected chi connectivity index (χ1v) is 6.35. The van der Waals surface area contributed by atoms with Gasteiger partial charge in [0.1, 0.15) is 6.10 Å². The van der Waals surface area contributed by atoms with Crippen molar-refractivity contribution in [2.24, 2.45) is 0 Å². The second-order valence-electron chi connectivity index (χ2n) is 5.51. The van der Waals surface area contributed by atoms with Crippen LogP contribution in [0, 0.1) is 0 Å². The highest BCUT2D eigenvalue weighted by atomic mass is 16.8. The summed E-state index contributed by atoms with van der Waals surface area (Å²) in [5, 5.41) is 9.04. The molecule has 0 bridgehead atoms. The largest absolute Gasteiger partial charge is 0.394 e. The van der Waals surface area contributed by atoms with Gasteiger partial charge in [-0.2, -0.15) is 0 Å². The number of aliphatic hydroxyl groups is 1. The maximum absolute atomic E-state index is 9.04. The molecule has 0 saturated carbocycles. The summed E-state index contributed by atoms with van der Waals surface area (Å²) in [4.78, 5) is 0. The number of hydrogen-bond donors (Lipinski definition) is 1. The summed E-state index contributed by atoms with van der Waals surface area (Å²) in [6.07, 6.45) is 2.52. The molecule has 98 valence electrons. The monoisotopic (exact) mass is 244 g/mol. The van der Waals surface area contributed by atoms with Gasteiger partial charge in [-0.3, -0.25) is 0 Å². The van der Waals surface area contributed by atoms with Gasteiger partial charge in [-0.25, -0.2) is 0 Å². The Kier molecular flexibility index (Phi) is 2.91. The zero-order chi connectivity index (χ0) is 12.0. The van der Waals surface area contributed by atoms with Gasteiger partial charge >= 0.3 is 0 Å². The summed E-state index contributed by atoms with van der Waals surface area (Å²) in [5.41, 5.74) is 0. The van der Waals surface area contributed by atoms with Crippen molar-refractivity contribution in [1.29, 1.82) is 0 Å². The highest BCUT2D eigenvalue weighted by Crippen LogP contribution is 2.40. The normalized spacial score (nSPS) is 48.5. The van der Waals surface area contributed by atoms with Gasteiger partial charge in [0.15, 0.2) is 12.1 Å². The summed E-state index contributed by atoms with van der Waals surface area (Å²) in [7, 11) is 0. The highest BCUT2D eigenvalue weighted by Gasteiger charge is 2.51. The molecule has 5 heteroatoms. The van der Waals surface area contributed by atoms with Crippen molar-refractivity contribution in [3.8, 4) is 0 Å². The first-order valence-electron chi connectivity index (χ1n) is 6.35. The fourth-order valence-electron chi connectivity index (χ4n) is 2.92. The molecular weight excluding hydrogens is 224 g/mol. The molecule has 0 amide bonds. The summed E-state index contributed by atoms with van der Waals surface area (Å²) in [5.74, 6) is -0.537. The Bertz CT molecular complexity index is 277. The molecule has 3 fully saturated rings. The van der Waals surface area contributed by atoms with E-state index in [0.717, 1.165) is 19.3 Å². The van der Waals surface area contributed by atoms with E-state index in [1.54, 1.807) is 0 Å². The third kappa shape index (κ3) is 2.22. The van der Waals surface area contributed by atoms with Crippen LogP contribution in [0.25, 0.3) is 0 Å². The molecule has 5 atom stereocenters. The molecule has 0 spiro atoms. The first kappa shape index (κ1) is 11.9. The third-order valence-corrected chi connectivity index (χ3v) is 3.67. The Labute approximate surface area is 101 Å². The van der Waals surface area contributed by atoms with Crippen LogP contribution in [0.4, 0.5) is 0 Å². The molecule has 3 heterocycles. The second-order valence-corrected chi connectivity index (χ2v) is 5.51. The summed E-state index contributed by atoms with van der Waals surface area (Å²) < 4.78 is 23.0. The maximum Gasteiger partial charge on any atom is 0.187 e.